The molecule has 0 aliphatic carbocycles. The van der Waals surface area contributed by atoms with E-state index in [1.807, 2.05) is 42.5 Å². The number of halogens is 1. The molecule has 0 heterocycles. The second-order valence-corrected chi connectivity index (χ2v) is 3.87. The van der Waals surface area contributed by atoms with Gasteiger partial charge in [-0.25, -0.2) is 0 Å². The van der Waals surface area contributed by atoms with Crippen molar-refractivity contribution in [3.8, 4) is 0 Å². The van der Waals surface area contributed by atoms with Gasteiger partial charge in [0.05, 0.1) is 0 Å². The highest BCUT2D eigenvalue weighted by Crippen LogP contribution is 2.11. The van der Waals surface area contributed by atoms with E-state index in [1.165, 1.54) is 5.56 Å². The molecule has 0 unspecified atom stereocenters. The minimum Gasteiger partial charge on any atom is -0.322 e. The standard InChI is InChI=1S/C15H15NO.HI/c1-2-12-8-10-14(11-9-12)16-15(17)13-6-4-3-5-7-13;/h3-11H,2H2,1H3,(H,16,17);1H. The zero-order chi connectivity index (χ0) is 12.1. The van der Waals surface area contributed by atoms with Gasteiger partial charge in [-0.3, -0.25) is 4.79 Å². The van der Waals surface area contributed by atoms with Crippen molar-refractivity contribution >= 4 is 35.6 Å². The fourth-order valence-electron chi connectivity index (χ4n) is 1.62. The summed E-state index contributed by atoms with van der Waals surface area (Å²) in [4.78, 5) is 11.9. The Kier molecular flexibility index (Phi) is 5.85. The molecular formula is C15H16INO. The highest BCUT2D eigenvalue weighted by atomic mass is 127. The van der Waals surface area contributed by atoms with Crippen LogP contribution in [0.25, 0.3) is 0 Å². The molecule has 2 nitrogen and oxygen atoms in total. The lowest BCUT2D eigenvalue weighted by atomic mass is 10.1. The second kappa shape index (κ2) is 7.16. The molecule has 0 spiro atoms. The van der Waals surface area contributed by atoms with Crippen molar-refractivity contribution in [3.63, 3.8) is 0 Å². The molecule has 0 fully saturated rings. The van der Waals surface area contributed by atoms with Crippen molar-refractivity contribution in [1.29, 1.82) is 0 Å². The summed E-state index contributed by atoms with van der Waals surface area (Å²) in [5.74, 6) is -0.0742. The van der Waals surface area contributed by atoms with Crippen LogP contribution in [0.2, 0.25) is 0 Å². The summed E-state index contributed by atoms with van der Waals surface area (Å²) in [6.07, 6.45) is 1.01. The van der Waals surface area contributed by atoms with Gasteiger partial charge < -0.3 is 5.32 Å². The van der Waals surface area contributed by atoms with Crippen LogP contribution < -0.4 is 5.32 Å². The van der Waals surface area contributed by atoms with Crippen molar-refractivity contribution in [3.05, 3.63) is 65.7 Å². The van der Waals surface area contributed by atoms with E-state index >= 15 is 0 Å². The first-order valence-corrected chi connectivity index (χ1v) is 5.75. The largest absolute Gasteiger partial charge is 0.322 e. The van der Waals surface area contributed by atoms with Crippen LogP contribution in [0.5, 0.6) is 0 Å². The number of rotatable bonds is 3. The zero-order valence-corrected chi connectivity index (χ0v) is 12.6. The van der Waals surface area contributed by atoms with Crippen LogP contribution in [0.3, 0.4) is 0 Å². The first kappa shape index (κ1) is 14.7. The number of carbonyl (C=O) groups is 1. The third kappa shape index (κ3) is 3.84. The molecule has 3 heteroatoms. The fourth-order valence-corrected chi connectivity index (χ4v) is 1.62. The molecule has 0 atom stereocenters. The Morgan fingerprint density at radius 1 is 1.00 bits per heavy atom. The lowest BCUT2D eigenvalue weighted by Gasteiger charge is -2.05. The van der Waals surface area contributed by atoms with Crippen LogP contribution >= 0.6 is 24.0 Å². The molecular weight excluding hydrogens is 337 g/mol. The first-order chi connectivity index (χ1) is 8.29. The van der Waals surface area contributed by atoms with Crippen LogP contribution in [0, 0.1) is 0 Å². The van der Waals surface area contributed by atoms with Crippen LogP contribution in [0.4, 0.5) is 5.69 Å². The van der Waals surface area contributed by atoms with Gasteiger partial charge in [0.2, 0.25) is 0 Å². The molecule has 0 bridgehead atoms. The summed E-state index contributed by atoms with van der Waals surface area (Å²) in [5.41, 5.74) is 2.77. The Hall–Kier alpha value is -1.36. The third-order valence-corrected chi connectivity index (χ3v) is 2.66. The zero-order valence-electron chi connectivity index (χ0n) is 10.2. The van der Waals surface area contributed by atoms with E-state index in [4.69, 9.17) is 0 Å². The Morgan fingerprint density at radius 3 is 2.17 bits per heavy atom. The minimum absolute atomic E-state index is 0. The van der Waals surface area contributed by atoms with Crippen molar-refractivity contribution in [1.82, 2.24) is 0 Å². The summed E-state index contributed by atoms with van der Waals surface area (Å²) >= 11 is 0. The highest BCUT2D eigenvalue weighted by Gasteiger charge is 2.04. The quantitative estimate of drug-likeness (QED) is 0.827. The molecule has 2 aromatic rings. The highest BCUT2D eigenvalue weighted by molar-refractivity contribution is 14.0. The number of anilines is 1. The normalized spacial score (nSPS) is 9.39. The van der Waals surface area contributed by atoms with Gasteiger partial charge in [-0.1, -0.05) is 37.3 Å². The number of nitrogens with one attached hydrogen (secondary N) is 1. The summed E-state index contributed by atoms with van der Waals surface area (Å²) in [6.45, 7) is 2.11. The summed E-state index contributed by atoms with van der Waals surface area (Å²) < 4.78 is 0. The maximum atomic E-state index is 11.9. The van der Waals surface area contributed by atoms with Gasteiger partial charge in [0.25, 0.3) is 5.91 Å². The average Bonchev–Trinajstić information content (AvgIpc) is 2.40. The van der Waals surface area contributed by atoms with Gasteiger partial charge in [-0.05, 0) is 36.2 Å². The molecule has 2 rings (SSSR count). The predicted octanol–water partition coefficient (Wildman–Crippen LogP) is 4.12. The molecule has 1 N–H and O–H groups in total. The molecule has 0 saturated heterocycles. The molecule has 94 valence electrons. The van der Waals surface area contributed by atoms with Crippen LogP contribution in [0.15, 0.2) is 54.6 Å². The van der Waals surface area contributed by atoms with Crippen LogP contribution in [-0.2, 0) is 6.42 Å². The number of carbonyl (C=O) groups excluding carboxylic acids is 1. The van der Waals surface area contributed by atoms with Gasteiger partial charge >= 0.3 is 0 Å². The molecule has 0 saturated carbocycles. The molecule has 1 amide bonds. The van der Waals surface area contributed by atoms with Crippen molar-refractivity contribution in [2.45, 2.75) is 13.3 Å². The lowest BCUT2D eigenvalue weighted by Crippen LogP contribution is -2.11. The molecule has 2 aromatic carbocycles. The topological polar surface area (TPSA) is 29.1 Å². The number of benzene rings is 2. The molecule has 0 aliphatic heterocycles. The van der Waals surface area contributed by atoms with E-state index in [9.17, 15) is 4.79 Å². The van der Waals surface area contributed by atoms with Crippen molar-refractivity contribution in [2.24, 2.45) is 0 Å². The van der Waals surface area contributed by atoms with Gasteiger partial charge in [-0.2, -0.15) is 0 Å². The average molecular weight is 353 g/mol. The van der Waals surface area contributed by atoms with E-state index < -0.39 is 0 Å². The Bertz CT molecular complexity index is 494. The first-order valence-electron chi connectivity index (χ1n) is 5.75. The van der Waals surface area contributed by atoms with E-state index in [1.54, 1.807) is 12.1 Å². The molecule has 0 aliphatic rings. The number of amides is 1. The van der Waals surface area contributed by atoms with Gasteiger partial charge in [-0.15, -0.1) is 24.0 Å². The van der Waals surface area contributed by atoms with E-state index in [0.29, 0.717) is 5.56 Å². The number of hydrogen-bond donors (Lipinski definition) is 1. The monoisotopic (exact) mass is 353 g/mol. The van der Waals surface area contributed by atoms with E-state index in [0.717, 1.165) is 12.1 Å². The third-order valence-electron chi connectivity index (χ3n) is 2.66. The molecule has 18 heavy (non-hydrogen) atoms. The Balaban J connectivity index is 0.00000162. The van der Waals surface area contributed by atoms with Crippen LogP contribution in [0.1, 0.15) is 22.8 Å². The van der Waals surface area contributed by atoms with E-state index in [-0.39, 0.29) is 29.9 Å². The lowest BCUT2D eigenvalue weighted by molar-refractivity contribution is 0.102. The summed E-state index contributed by atoms with van der Waals surface area (Å²) in [6, 6.07) is 17.1. The van der Waals surface area contributed by atoms with Crippen molar-refractivity contribution < 1.29 is 4.79 Å². The maximum Gasteiger partial charge on any atom is 0.255 e. The molecule has 0 radical (unpaired) electrons. The van der Waals surface area contributed by atoms with E-state index in [2.05, 4.69) is 12.2 Å². The predicted molar refractivity (Wildman–Crippen MR) is 85.6 cm³/mol. The second-order valence-electron chi connectivity index (χ2n) is 3.87. The number of hydrogen-bond acceptors (Lipinski definition) is 1. The van der Waals surface area contributed by atoms with Crippen molar-refractivity contribution in [2.75, 3.05) is 5.32 Å². The SMILES string of the molecule is CCc1ccc(NC(=O)c2ccccc2)cc1.I. The van der Waals surface area contributed by atoms with Crippen LogP contribution in [-0.4, -0.2) is 5.91 Å². The maximum absolute atomic E-state index is 11.9. The summed E-state index contributed by atoms with van der Waals surface area (Å²) in [5, 5.41) is 2.87. The fraction of sp³-hybridized carbons (Fsp3) is 0.133. The summed E-state index contributed by atoms with van der Waals surface area (Å²) in [7, 11) is 0. The van der Waals surface area contributed by atoms with Gasteiger partial charge in [0.15, 0.2) is 0 Å². The Labute approximate surface area is 124 Å². The number of aryl methyl sites for hydroxylation is 1. The molecule has 0 aromatic heterocycles. The van der Waals surface area contributed by atoms with Gasteiger partial charge in [0, 0.05) is 11.3 Å². The Morgan fingerprint density at radius 2 is 1.61 bits per heavy atom. The van der Waals surface area contributed by atoms with Gasteiger partial charge in [0.1, 0.15) is 0 Å². The minimum atomic E-state index is -0.0742. The smallest absolute Gasteiger partial charge is 0.255 e.